The van der Waals surface area contributed by atoms with Crippen molar-refractivity contribution < 1.29 is 9.59 Å². The minimum Gasteiger partial charge on any atom is -0.366 e. The molecule has 2 heterocycles. The van der Waals surface area contributed by atoms with Gasteiger partial charge in [-0.15, -0.1) is 11.3 Å². The quantitative estimate of drug-likeness (QED) is 0.524. The number of hydrogen-bond donors (Lipinski definition) is 2. The SMILES string of the molecule is Cc1ccc(Cn2nc(C)c3cc(C(=O)Nc4ccc(C(N)=O)cc4)sc32)cc1. The number of hydrogen-bond acceptors (Lipinski definition) is 4. The Kier molecular flexibility index (Phi) is 4.90. The third kappa shape index (κ3) is 3.90. The highest BCUT2D eigenvalue weighted by molar-refractivity contribution is 7.20. The molecule has 146 valence electrons. The molecule has 6 nitrogen and oxygen atoms in total. The number of fused-ring (bicyclic) bond motifs is 1. The fourth-order valence-corrected chi connectivity index (χ4v) is 4.16. The van der Waals surface area contributed by atoms with Gasteiger partial charge < -0.3 is 11.1 Å². The zero-order valence-corrected chi connectivity index (χ0v) is 16.9. The van der Waals surface area contributed by atoms with Gasteiger partial charge in [0.1, 0.15) is 4.83 Å². The van der Waals surface area contributed by atoms with Crippen molar-refractivity contribution in [3.05, 3.63) is 81.9 Å². The average molecular weight is 404 g/mol. The van der Waals surface area contributed by atoms with Crippen molar-refractivity contribution in [3.8, 4) is 0 Å². The average Bonchev–Trinajstić information content (AvgIpc) is 3.26. The summed E-state index contributed by atoms with van der Waals surface area (Å²) < 4.78 is 1.94. The van der Waals surface area contributed by atoms with Crippen molar-refractivity contribution >= 4 is 39.1 Å². The first-order chi connectivity index (χ1) is 13.9. The molecule has 0 fully saturated rings. The van der Waals surface area contributed by atoms with Crippen LogP contribution < -0.4 is 11.1 Å². The maximum atomic E-state index is 12.7. The van der Waals surface area contributed by atoms with Gasteiger partial charge in [0.15, 0.2) is 0 Å². The van der Waals surface area contributed by atoms with Crippen LogP contribution in [0.1, 0.15) is 36.9 Å². The number of carbonyl (C=O) groups excluding carboxylic acids is 2. The molecule has 0 atom stereocenters. The molecule has 0 radical (unpaired) electrons. The summed E-state index contributed by atoms with van der Waals surface area (Å²) in [7, 11) is 0. The molecule has 0 unspecified atom stereocenters. The number of anilines is 1. The lowest BCUT2D eigenvalue weighted by Crippen LogP contribution is -2.12. The molecule has 0 saturated heterocycles. The van der Waals surface area contributed by atoms with E-state index >= 15 is 0 Å². The van der Waals surface area contributed by atoms with Gasteiger partial charge in [-0.1, -0.05) is 29.8 Å². The van der Waals surface area contributed by atoms with Gasteiger partial charge >= 0.3 is 0 Å². The second-order valence-electron chi connectivity index (χ2n) is 6.95. The molecule has 0 saturated carbocycles. The number of nitrogens with two attached hydrogens (primary N) is 1. The van der Waals surface area contributed by atoms with Crippen LogP contribution in [0.5, 0.6) is 0 Å². The Morgan fingerprint density at radius 2 is 1.76 bits per heavy atom. The third-order valence-corrected chi connectivity index (χ3v) is 5.86. The lowest BCUT2D eigenvalue weighted by Gasteiger charge is -2.05. The summed E-state index contributed by atoms with van der Waals surface area (Å²) in [5.74, 6) is -0.694. The predicted molar refractivity (Wildman–Crippen MR) is 116 cm³/mol. The van der Waals surface area contributed by atoms with Gasteiger partial charge in [-0.3, -0.25) is 14.3 Å². The molecular formula is C22H20N4O2S. The summed E-state index contributed by atoms with van der Waals surface area (Å²) in [5.41, 5.74) is 9.53. The van der Waals surface area contributed by atoms with Crippen LogP contribution in [0.15, 0.2) is 54.6 Å². The number of nitrogens with one attached hydrogen (secondary N) is 1. The van der Waals surface area contributed by atoms with E-state index in [1.165, 1.54) is 16.9 Å². The molecule has 3 N–H and O–H groups in total. The topological polar surface area (TPSA) is 90.0 Å². The van der Waals surface area contributed by atoms with Crippen molar-refractivity contribution in [1.29, 1.82) is 0 Å². The van der Waals surface area contributed by atoms with Gasteiger partial charge in [0, 0.05) is 16.6 Å². The second-order valence-corrected chi connectivity index (χ2v) is 7.98. The Hall–Kier alpha value is -3.45. The zero-order chi connectivity index (χ0) is 20.5. The molecule has 2 aromatic heterocycles. The predicted octanol–water partition coefficient (Wildman–Crippen LogP) is 4.11. The highest BCUT2D eigenvalue weighted by Crippen LogP contribution is 2.29. The van der Waals surface area contributed by atoms with Crippen molar-refractivity contribution in [2.24, 2.45) is 5.73 Å². The van der Waals surface area contributed by atoms with E-state index in [9.17, 15) is 9.59 Å². The van der Waals surface area contributed by atoms with Gasteiger partial charge in [-0.05, 0) is 49.7 Å². The summed E-state index contributed by atoms with van der Waals surface area (Å²) >= 11 is 1.42. The Labute approximate surface area is 172 Å². The van der Waals surface area contributed by atoms with E-state index in [2.05, 4.69) is 41.6 Å². The van der Waals surface area contributed by atoms with Gasteiger partial charge in [-0.25, -0.2) is 0 Å². The smallest absolute Gasteiger partial charge is 0.265 e. The lowest BCUT2D eigenvalue weighted by molar-refractivity contribution is 0.0998. The molecule has 2 amide bonds. The number of thiophene rings is 1. The molecular weight excluding hydrogens is 384 g/mol. The number of carbonyl (C=O) groups is 2. The minimum atomic E-state index is -0.499. The maximum absolute atomic E-state index is 12.7. The van der Waals surface area contributed by atoms with Crippen molar-refractivity contribution in [1.82, 2.24) is 9.78 Å². The lowest BCUT2D eigenvalue weighted by atomic mass is 10.1. The Bertz CT molecular complexity index is 1200. The Morgan fingerprint density at radius 3 is 2.41 bits per heavy atom. The van der Waals surface area contributed by atoms with Crippen LogP contribution in [0, 0.1) is 13.8 Å². The van der Waals surface area contributed by atoms with Gasteiger partial charge in [-0.2, -0.15) is 5.10 Å². The molecule has 0 bridgehead atoms. The summed E-state index contributed by atoms with van der Waals surface area (Å²) in [6, 6.07) is 16.7. The van der Waals surface area contributed by atoms with E-state index in [0.717, 1.165) is 21.5 Å². The first-order valence-electron chi connectivity index (χ1n) is 9.14. The van der Waals surface area contributed by atoms with Crippen molar-refractivity contribution in [2.75, 3.05) is 5.32 Å². The molecule has 0 aliphatic heterocycles. The van der Waals surface area contributed by atoms with Crippen LogP contribution in [0.3, 0.4) is 0 Å². The van der Waals surface area contributed by atoms with E-state index in [0.29, 0.717) is 22.7 Å². The fraction of sp³-hybridized carbons (Fsp3) is 0.136. The van der Waals surface area contributed by atoms with Gasteiger partial charge in [0.25, 0.3) is 5.91 Å². The number of nitrogens with zero attached hydrogens (tertiary/aromatic N) is 2. The van der Waals surface area contributed by atoms with E-state index in [4.69, 9.17) is 5.73 Å². The monoisotopic (exact) mass is 404 g/mol. The first-order valence-corrected chi connectivity index (χ1v) is 9.96. The van der Waals surface area contributed by atoms with Crippen LogP contribution in [0.2, 0.25) is 0 Å². The summed E-state index contributed by atoms with van der Waals surface area (Å²) in [4.78, 5) is 25.4. The largest absolute Gasteiger partial charge is 0.366 e. The highest BCUT2D eigenvalue weighted by Gasteiger charge is 2.17. The number of aryl methyl sites for hydroxylation is 2. The first kappa shape index (κ1) is 18.9. The fourth-order valence-electron chi connectivity index (χ4n) is 3.11. The number of benzene rings is 2. The van der Waals surface area contributed by atoms with E-state index < -0.39 is 5.91 Å². The number of amides is 2. The molecule has 4 aromatic rings. The van der Waals surface area contributed by atoms with Gasteiger partial charge in [0.05, 0.1) is 17.1 Å². The summed E-state index contributed by atoms with van der Waals surface area (Å²) in [6.07, 6.45) is 0. The van der Waals surface area contributed by atoms with E-state index in [1.54, 1.807) is 24.3 Å². The van der Waals surface area contributed by atoms with Crippen LogP contribution >= 0.6 is 11.3 Å². The number of primary amides is 1. The molecule has 29 heavy (non-hydrogen) atoms. The van der Waals surface area contributed by atoms with Crippen molar-refractivity contribution in [3.63, 3.8) is 0 Å². The minimum absolute atomic E-state index is 0.195. The summed E-state index contributed by atoms with van der Waals surface area (Å²) in [5, 5.41) is 8.47. The molecule has 0 aliphatic carbocycles. The van der Waals surface area contributed by atoms with Crippen LogP contribution in [-0.2, 0) is 6.54 Å². The van der Waals surface area contributed by atoms with E-state index in [1.807, 2.05) is 17.7 Å². The molecule has 2 aromatic carbocycles. The van der Waals surface area contributed by atoms with E-state index in [-0.39, 0.29) is 5.91 Å². The van der Waals surface area contributed by atoms with Crippen LogP contribution in [-0.4, -0.2) is 21.6 Å². The number of rotatable bonds is 5. The maximum Gasteiger partial charge on any atom is 0.265 e. The number of aromatic nitrogens is 2. The van der Waals surface area contributed by atoms with Crippen LogP contribution in [0.4, 0.5) is 5.69 Å². The second kappa shape index (κ2) is 7.52. The molecule has 0 aliphatic rings. The molecule has 7 heteroatoms. The normalized spacial score (nSPS) is 11.0. The highest BCUT2D eigenvalue weighted by atomic mass is 32.1. The van der Waals surface area contributed by atoms with Crippen LogP contribution in [0.25, 0.3) is 10.2 Å². The Morgan fingerprint density at radius 1 is 1.07 bits per heavy atom. The summed E-state index contributed by atoms with van der Waals surface area (Å²) in [6.45, 7) is 4.66. The molecule has 0 spiro atoms. The zero-order valence-electron chi connectivity index (χ0n) is 16.1. The van der Waals surface area contributed by atoms with Gasteiger partial charge in [0.2, 0.25) is 5.91 Å². The van der Waals surface area contributed by atoms with Crippen molar-refractivity contribution in [2.45, 2.75) is 20.4 Å². The standard InChI is InChI=1S/C22H20N4O2S/c1-13-3-5-15(6-4-13)12-26-22-18(14(2)25-26)11-19(29-22)21(28)24-17-9-7-16(8-10-17)20(23)27/h3-11H,12H2,1-2H3,(H2,23,27)(H,24,28). The molecule has 4 rings (SSSR count). The Balaban J connectivity index is 1.57. The third-order valence-electron chi connectivity index (χ3n) is 4.71.